The van der Waals surface area contributed by atoms with Gasteiger partial charge in [0, 0.05) is 24.7 Å². The molecule has 0 unspecified atom stereocenters. The molecular weight excluding hydrogens is 418 g/mol. The number of ether oxygens (including phenoxy) is 1. The Balaban J connectivity index is 1.26. The molecule has 0 atom stereocenters. The van der Waals surface area contributed by atoms with Crippen molar-refractivity contribution in [3.8, 4) is 5.75 Å². The average Bonchev–Trinajstić information content (AvgIpc) is 3.18. The number of fused-ring (bicyclic) bond motifs is 1. The van der Waals surface area contributed by atoms with Crippen molar-refractivity contribution in [2.75, 3.05) is 24.5 Å². The van der Waals surface area contributed by atoms with Gasteiger partial charge in [-0.15, -0.1) is 0 Å². The van der Waals surface area contributed by atoms with E-state index in [1.807, 2.05) is 6.07 Å². The summed E-state index contributed by atoms with van der Waals surface area (Å²) in [5.74, 6) is 0.987. The molecule has 0 radical (unpaired) electrons. The Labute approximate surface area is 186 Å². The second-order valence-electron chi connectivity index (χ2n) is 8.17. The van der Waals surface area contributed by atoms with E-state index < -0.39 is 5.60 Å². The van der Waals surface area contributed by atoms with E-state index >= 15 is 0 Å². The highest BCUT2D eigenvalue weighted by Gasteiger charge is 2.31. The van der Waals surface area contributed by atoms with Gasteiger partial charge in [0.1, 0.15) is 5.75 Å². The van der Waals surface area contributed by atoms with E-state index in [0.717, 1.165) is 36.6 Å². The summed E-state index contributed by atoms with van der Waals surface area (Å²) in [6.45, 7) is 6.16. The summed E-state index contributed by atoms with van der Waals surface area (Å²) >= 11 is 7.66. The minimum Gasteiger partial charge on any atom is -0.478 e. The molecule has 2 heterocycles. The van der Waals surface area contributed by atoms with Gasteiger partial charge in [-0.25, -0.2) is 4.98 Å². The van der Waals surface area contributed by atoms with E-state index in [1.54, 1.807) is 49.4 Å². The van der Waals surface area contributed by atoms with E-state index in [-0.39, 0.29) is 5.91 Å². The van der Waals surface area contributed by atoms with Crippen LogP contribution in [0.1, 0.15) is 26.7 Å². The molecule has 1 amide bonds. The van der Waals surface area contributed by atoms with Gasteiger partial charge in [0.15, 0.2) is 10.7 Å². The van der Waals surface area contributed by atoms with E-state index in [1.165, 1.54) is 4.70 Å². The molecule has 2 aromatic carbocycles. The van der Waals surface area contributed by atoms with Crippen molar-refractivity contribution >= 4 is 44.2 Å². The first-order chi connectivity index (χ1) is 14.4. The van der Waals surface area contributed by atoms with Crippen molar-refractivity contribution in [2.45, 2.75) is 32.3 Å². The highest BCUT2D eigenvalue weighted by molar-refractivity contribution is 7.22. The summed E-state index contributed by atoms with van der Waals surface area (Å²) in [5, 5.41) is 4.81. The molecule has 0 aliphatic carbocycles. The maximum atomic E-state index is 12.7. The first kappa shape index (κ1) is 20.9. The molecule has 30 heavy (non-hydrogen) atoms. The number of carbonyl (C=O) groups is 1. The Morgan fingerprint density at radius 3 is 2.60 bits per heavy atom. The third-order valence-corrected chi connectivity index (χ3v) is 6.80. The topological polar surface area (TPSA) is 54.5 Å². The monoisotopic (exact) mass is 443 g/mol. The van der Waals surface area contributed by atoms with Crippen LogP contribution in [0.4, 0.5) is 5.13 Å². The highest BCUT2D eigenvalue weighted by atomic mass is 35.5. The molecule has 1 fully saturated rings. The number of carbonyl (C=O) groups excluding carboxylic acids is 1. The summed E-state index contributed by atoms with van der Waals surface area (Å²) in [5.41, 5.74) is 0.116. The lowest BCUT2D eigenvalue weighted by atomic mass is 9.96. The van der Waals surface area contributed by atoms with Crippen molar-refractivity contribution in [3.63, 3.8) is 0 Å². The van der Waals surface area contributed by atoms with Crippen molar-refractivity contribution in [1.29, 1.82) is 0 Å². The molecule has 0 spiro atoms. The van der Waals surface area contributed by atoms with Gasteiger partial charge in [-0.1, -0.05) is 35.1 Å². The Kier molecular flexibility index (Phi) is 6.16. The fraction of sp³-hybridized carbons (Fsp3) is 0.391. The van der Waals surface area contributed by atoms with Gasteiger partial charge in [-0.3, -0.25) is 4.79 Å². The van der Waals surface area contributed by atoms with Gasteiger partial charge in [-0.05, 0) is 69.0 Å². The largest absolute Gasteiger partial charge is 0.478 e. The third kappa shape index (κ3) is 4.87. The standard InChI is InChI=1S/C23H26ClN3O2S/c1-23(2,29-18-9-7-17(24)8-10-18)21(28)25-15-16-11-13-27(14-12-16)22-26-19-5-3-4-6-20(19)30-22/h3-10,16H,11-15H2,1-2H3,(H,25,28). The zero-order chi connectivity index (χ0) is 21.1. The molecule has 0 saturated carbocycles. The Morgan fingerprint density at radius 1 is 1.20 bits per heavy atom. The first-order valence-electron chi connectivity index (χ1n) is 10.2. The summed E-state index contributed by atoms with van der Waals surface area (Å²) in [6.07, 6.45) is 2.07. The lowest BCUT2D eigenvalue weighted by Gasteiger charge is -2.32. The van der Waals surface area contributed by atoms with Crippen LogP contribution in [0, 0.1) is 5.92 Å². The minimum absolute atomic E-state index is 0.106. The van der Waals surface area contributed by atoms with Crippen LogP contribution >= 0.6 is 22.9 Å². The van der Waals surface area contributed by atoms with Crippen LogP contribution in [-0.2, 0) is 4.79 Å². The van der Waals surface area contributed by atoms with Crippen molar-refractivity contribution in [2.24, 2.45) is 5.92 Å². The molecule has 158 valence electrons. The van der Waals surface area contributed by atoms with Crippen molar-refractivity contribution in [1.82, 2.24) is 10.3 Å². The second-order valence-corrected chi connectivity index (χ2v) is 9.62. The number of para-hydroxylation sites is 1. The van der Waals surface area contributed by atoms with Gasteiger partial charge in [0.05, 0.1) is 10.2 Å². The quantitative estimate of drug-likeness (QED) is 0.573. The number of hydrogen-bond acceptors (Lipinski definition) is 5. The maximum absolute atomic E-state index is 12.7. The van der Waals surface area contributed by atoms with Gasteiger partial charge < -0.3 is 15.0 Å². The van der Waals surface area contributed by atoms with Crippen LogP contribution in [0.3, 0.4) is 0 Å². The number of halogens is 1. The smallest absolute Gasteiger partial charge is 0.263 e. The minimum atomic E-state index is -0.949. The molecule has 1 aliphatic heterocycles. The molecule has 0 bridgehead atoms. The average molecular weight is 444 g/mol. The number of thiazole rings is 1. The van der Waals surface area contributed by atoms with Crippen molar-refractivity contribution in [3.05, 3.63) is 53.6 Å². The summed E-state index contributed by atoms with van der Waals surface area (Å²) in [4.78, 5) is 19.8. The van der Waals surface area contributed by atoms with Crippen molar-refractivity contribution < 1.29 is 9.53 Å². The summed E-state index contributed by atoms with van der Waals surface area (Å²) < 4.78 is 7.10. The number of piperidine rings is 1. The highest BCUT2D eigenvalue weighted by Crippen LogP contribution is 2.31. The van der Waals surface area contributed by atoms with Crippen LogP contribution in [0.25, 0.3) is 10.2 Å². The predicted octanol–water partition coefficient (Wildman–Crippen LogP) is 5.14. The van der Waals surface area contributed by atoms with E-state index in [0.29, 0.717) is 23.2 Å². The SMILES string of the molecule is CC(C)(Oc1ccc(Cl)cc1)C(=O)NCC1CCN(c2nc3ccccc3s2)CC1. The molecule has 1 aromatic heterocycles. The zero-order valence-corrected chi connectivity index (χ0v) is 18.8. The fourth-order valence-corrected chi connectivity index (χ4v) is 4.76. The molecule has 1 N–H and O–H groups in total. The van der Waals surface area contributed by atoms with E-state index in [2.05, 4.69) is 28.4 Å². The van der Waals surface area contributed by atoms with Gasteiger partial charge in [-0.2, -0.15) is 0 Å². The molecular formula is C23H26ClN3O2S. The first-order valence-corrected chi connectivity index (χ1v) is 11.4. The second kappa shape index (κ2) is 8.82. The van der Waals surface area contributed by atoms with Gasteiger partial charge in [0.2, 0.25) is 0 Å². The Morgan fingerprint density at radius 2 is 1.90 bits per heavy atom. The number of nitrogens with one attached hydrogen (secondary N) is 1. The number of rotatable bonds is 6. The van der Waals surface area contributed by atoms with Crippen LogP contribution in [0.2, 0.25) is 5.02 Å². The summed E-state index contributed by atoms with van der Waals surface area (Å²) in [7, 11) is 0. The Hall–Kier alpha value is -2.31. The lowest BCUT2D eigenvalue weighted by Crippen LogP contribution is -2.48. The van der Waals surface area contributed by atoms with E-state index in [4.69, 9.17) is 21.3 Å². The Bertz CT molecular complexity index is 978. The number of benzene rings is 2. The number of amides is 1. The number of anilines is 1. The predicted molar refractivity (Wildman–Crippen MR) is 124 cm³/mol. The molecule has 4 rings (SSSR count). The summed E-state index contributed by atoms with van der Waals surface area (Å²) in [6, 6.07) is 15.3. The normalized spacial score (nSPS) is 15.4. The van der Waals surface area contributed by atoms with Crippen LogP contribution in [0.5, 0.6) is 5.75 Å². The van der Waals surface area contributed by atoms with Crippen LogP contribution in [0.15, 0.2) is 48.5 Å². The number of nitrogens with zero attached hydrogens (tertiary/aromatic N) is 2. The lowest BCUT2D eigenvalue weighted by molar-refractivity contribution is -0.134. The zero-order valence-electron chi connectivity index (χ0n) is 17.2. The molecule has 1 saturated heterocycles. The molecule has 7 heteroatoms. The van der Waals surface area contributed by atoms with Crippen LogP contribution in [-0.4, -0.2) is 36.1 Å². The fourth-order valence-electron chi connectivity index (χ4n) is 3.62. The molecule has 1 aliphatic rings. The van der Waals surface area contributed by atoms with Gasteiger partial charge in [0.25, 0.3) is 5.91 Å². The van der Waals surface area contributed by atoms with Gasteiger partial charge >= 0.3 is 0 Å². The third-order valence-electron chi connectivity index (χ3n) is 5.45. The van der Waals surface area contributed by atoms with E-state index in [9.17, 15) is 4.79 Å². The van der Waals surface area contributed by atoms with Crippen LogP contribution < -0.4 is 15.0 Å². The molecule has 3 aromatic rings. The number of hydrogen-bond donors (Lipinski definition) is 1. The molecule has 5 nitrogen and oxygen atoms in total. The maximum Gasteiger partial charge on any atom is 0.263 e. The number of aromatic nitrogens is 1.